The predicted octanol–water partition coefficient (Wildman–Crippen LogP) is 7.44. The number of carbonyl (C=O) groups is 2. The average Bonchev–Trinajstić information content (AvgIpc) is 3.82. The summed E-state index contributed by atoms with van der Waals surface area (Å²) in [7, 11) is 0. The first-order chi connectivity index (χ1) is 30.4. The van der Waals surface area contributed by atoms with Gasteiger partial charge in [-0.15, -0.1) is 6.58 Å². The van der Waals surface area contributed by atoms with Crippen molar-refractivity contribution in [1.82, 2.24) is 10.2 Å². The minimum atomic E-state index is -1.41. The van der Waals surface area contributed by atoms with Crippen LogP contribution >= 0.6 is 0 Å². The van der Waals surface area contributed by atoms with Crippen molar-refractivity contribution >= 4 is 17.7 Å². The number of unbranched alkanes of at least 4 members (excludes halogenated alkanes) is 2. The molecular weight excluding hydrogens is 791 g/mol. The molecule has 62 heavy (non-hydrogen) atoms. The quantitative estimate of drug-likeness (QED) is 0.0448. The lowest BCUT2D eigenvalue weighted by Gasteiger charge is -2.60. The van der Waals surface area contributed by atoms with Crippen LogP contribution < -0.4 is 14.8 Å². The number of aliphatic hydroxyl groups is 3. The average molecular weight is 860 g/mol. The largest absolute Gasteiger partial charge is 0.459 e. The molecule has 1 aliphatic heterocycles. The van der Waals surface area contributed by atoms with Crippen molar-refractivity contribution in [1.29, 1.82) is 0 Å². The smallest absolute Gasteiger partial charge is 0.412 e. The van der Waals surface area contributed by atoms with Crippen molar-refractivity contribution in [3.05, 3.63) is 84.0 Å². The summed E-state index contributed by atoms with van der Waals surface area (Å²) < 4.78 is 26.2. The van der Waals surface area contributed by atoms with Gasteiger partial charge in [-0.3, -0.25) is 4.79 Å². The fourth-order valence-corrected chi connectivity index (χ4v) is 10.3. The van der Waals surface area contributed by atoms with E-state index in [1.807, 2.05) is 54.3 Å². The van der Waals surface area contributed by atoms with Crippen LogP contribution in [-0.4, -0.2) is 103 Å². The van der Waals surface area contributed by atoms with E-state index in [4.69, 9.17) is 28.9 Å². The number of carbonyl (C=O) groups excluding carboxylic acids is 2. The second-order valence-corrected chi connectivity index (χ2v) is 17.0. The number of hydrogen-bond acceptors (Lipinski definition) is 11. The highest BCUT2D eigenvalue weighted by atomic mass is 16.7. The van der Waals surface area contributed by atoms with E-state index in [2.05, 4.69) is 18.0 Å². The highest BCUT2D eigenvalue weighted by Gasteiger charge is 2.65. The van der Waals surface area contributed by atoms with Gasteiger partial charge >= 0.3 is 6.09 Å². The Bertz CT molecular complexity index is 1800. The molecule has 4 aliphatic rings. The molecule has 340 valence electrons. The van der Waals surface area contributed by atoms with Gasteiger partial charge in [0.15, 0.2) is 0 Å². The third-order valence-corrected chi connectivity index (χ3v) is 13.1. The molecule has 2 amide bonds. The lowest BCUT2D eigenvalue weighted by Crippen LogP contribution is -2.70. The van der Waals surface area contributed by atoms with Crippen molar-refractivity contribution in [2.24, 2.45) is 28.8 Å². The van der Waals surface area contributed by atoms with E-state index < -0.39 is 23.8 Å². The summed E-state index contributed by atoms with van der Waals surface area (Å²) in [6.45, 7) is 7.36. The summed E-state index contributed by atoms with van der Waals surface area (Å²) in [6, 6.07) is 14.4. The molecule has 0 saturated heterocycles. The Morgan fingerprint density at radius 1 is 0.984 bits per heavy atom. The highest BCUT2D eigenvalue weighted by molar-refractivity contribution is 6.03. The third kappa shape index (κ3) is 11.6. The van der Waals surface area contributed by atoms with Gasteiger partial charge in [0.05, 0.1) is 38.1 Å². The lowest BCUT2D eigenvalue weighted by molar-refractivity contribution is -0.258. The van der Waals surface area contributed by atoms with Crippen molar-refractivity contribution in [3.63, 3.8) is 0 Å². The zero-order valence-electron chi connectivity index (χ0n) is 36.6. The maximum atomic E-state index is 14.8. The monoisotopic (exact) mass is 859 g/mol. The molecule has 2 aromatic carbocycles. The van der Waals surface area contributed by atoms with Gasteiger partial charge in [-0.05, 0) is 86.1 Å². The number of rotatable bonds is 25. The number of oxime groups is 1. The van der Waals surface area contributed by atoms with E-state index in [1.54, 1.807) is 12.1 Å². The molecule has 3 aliphatic carbocycles. The summed E-state index contributed by atoms with van der Waals surface area (Å²) in [5.41, 5.74) is 3.45. The maximum absolute atomic E-state index is 14.8. The molecule has 0 spiro atoms. The second kappa shape index (κ2) is 24.0. The second-order valence-electron chi connectivity index (χ2n) is 17.0. The maximum Gasteiger partial charge on any atom is 0.412 e. The van der Waals surface area contributed by atoms with E-state index >= 15 is 0 Å². The molecule has 4 N–H and O–H groups in total. The Labute approximate surface area is 367 Å². The molecule has 0 bridgehead atoms. The van der Waals surface area contributed by atoms with Gasteiger partial charge in [-0.2, -0.15) is 0 Å². The van der Waals surface area contributed by atoms with Gasteiger partial charge in [0, 0.05) is 50.6 Å². The fraction of sp³-hybridized carbons (Fsp3) is 0.612. The zero-order chi connectivity index (χ0) is 43.7. The number of benzene rings is 2. The van der Waals surface area contributed by atoms with Gasteiger partial charge in [-0.25, -0.2) is 4.79 Å². The van der Waals surface area contributed by atoms with E-state index in [0.717, 1.165) is 67.4 Å². The molecular formula is C49H69N3O10. The summed E-state index contributed by atoms with van der Waals surface area (Å²) in [5, 5.41) is 37.1. The van der Waals surface area contributed by atoms with Crippen molar-refractivity contribution in [2.75, 3.05) is 52.8 Å². The molecule has 2 aromatic rings. The number of amides is 2. The normalized spacial score (nSPS) is 24.7. The Morgan fingerprint density at radius 3 is 2.48 bits per heavy atom. The SMILES string of the molecule is C=CCOC12Oc3ccc(OC(=O)NCc4ccccc4)cc3C3C(CCCCO)C(CCCCO)C=C(C(=NOCC)CC1N(CCOCCO)C(=O)CCC1CCCC1)C32. The van der Waals surface area contributed by atoms with Gasteiger partial charge < -0.3 is 49.3 Å². The van der Waals surface area contributed by atoms with Gasteiger partial charge in [-0.1, -0.05) is 86.2 Å². The Balaban J connectivity index is 1.49. The van der Waals surface area contributed by atoms with Crippen molar-refractivity contribution in [3.8, 4) is 11.5 Å². The standard InChI is InChI=1S/C49H69N3O10/c1-3-28-59-49-44(52(24-29-58-30-27-55)45(56)23-20-35-14-8-9-15-35)33-42(51-60-4-2)40-31-37(18-10-12-25-53)39(19-11-13-26-54)46(47(40)49)41-32-38(21-22-43(41)62-49)61-48(57)50-34-36-16-6-5-7-17-36/h3,5-7,16-17,21-22,31-32,35,37,39,44,46-47,53-55H,1,4,8-15,18-20,23-30,33-34H2,2H3,(H,50,57). The molecule has 6 rings (SSSR count). The minimum absolute atomic E-state index is 0.0111. The first kappa shape index (κ1) is 47.2. The molecule has 2 fully saturated rings. The minimum Gasteiger partial charge on any atom is -0.459 e. The van der Waals surface area contributed by atoms with Crippen LogP contribution in [0.3, 0.4) is 0 Å². The van der Waals surface area contributed by atoms with Crippen molar-refractivity contribution in [2.45, 2.75) is 115 Å². The number of hydrogen-bond donors (Lipinski definition) is 4. The molecule has 0 aromatic heterocycles. The van der Waals surface area contributed by atoms with Crippen LogP contribution in [0.1, 0.15) is 107 Å². The van der Waals surface area contributed by atoms with Gasteiger partial charge in [0.1, 0.15) is 24.1 Å². The number of nitrogens with one attached hydrogen (secondary N) is 1. The Morgan fingerprint density at radius 2 is 1.76 bits per heavy atom. The summed E-state index contributed by atoms with van der Waals surface area (Å²) in [4.78, 5) is 35.8. The van der Waals surface area contributed by atoms with Crippen LogP contribution in [0.4, 0.5) is 4.79 Å². The number of ether oxygens (including phenoxy) is 4. The first-order valence-corrected chi connectivity index (χ1v) is 23.0. The van der Waals surface area contributed by atoms with E-state index in [9.17, 15) is 24.9 Å². The van der Waals surface area contributed by atoms with E-state index in [0.29, 0.717) is 49.8 Å². The number of fused-ring (bicyclic) bond motifs is 2. The summed E-state index contributed by atoms with van der Waals surface area (Å²) in [6.07, 6.45) is 14.0. The van der Waals surface area contributed by atoms with Gasteiger partial charge in [0.2, 0.25) is 11.7 Å². The third-order valence-electron chi connectivity index (χ3n) is 13.1. The summed E-state index contributed by atoms with van der Waals surface area (Å²) in [5.74, 6) is -0.695. The molecule has 13 heteroatoms. The van der Waals surface area contributed by atoms with Crippen LogP contribution in [0.15, 0.2) is 78.0 Å². The topological polar surface area (TPSA) is 169 Å². The van der Waals surface area contributed by atoms with E-state index in [-0.39, 0.29) is 76.3 Å². The molecule has 6 unspecified atom stereocenters. The first-order valence-electron chi connectivity index (χ1n) is 23.0. The molecule has 13 nitrogen and oxygen atoms in total. The van der Waals surface area contributed by atoms with E-state index in [1.165, 1.54) is 12.8 Å². The Hall–Kier alpha value is -4.27. The summed E-state index contributed by atoms with van der Waals surface area (Å²) >= 11 is 0. The molecule has 6 atom stereocenters. The van der Waals surface area contributed by atoms with Crippen LogP contribution in [0.2, 0.25) is 0 Å². The number of allylic oxidation sites excluding steroid dienone is 1. The van der Waals surface area contributed by atoms with Crippen LogP contribution in [0, 0.1) is 23.7 Å². The predicted molar refractivity (Wildman–Crippen MR) is 237 cm³/mol. The highest BCUT2D eigenvalue weighted by Crippen LogP contribution is 2.62. The fourth-order valence-electron chi connectivity index (χ4n) is 10.3. The number of aliphatic hydroxyl groups excluding tert-OH is 3. The number of nitrogens with zero attached hydrogens (tertiary/aromatic N) is 2. The molecule has 2 saturated carbocycles. The Kier molecular flexibility index (Phi) is 18.3. The van der Waals surface area contributed by atoms with Gasteiger partial charge in [0.25, 0.3) is 0 Å². The van der Waals surface area contributed by atoms with Crippen LogP contribution in [-0.2, 0) is 25.7 Å². The van der Waals surface area contributed by atoms with Crippen molar-refractivity contribution < 1.29 is 48.7 Å². The zero-order valence-corrected chi connectivity index (χ0v) is 36.6. The van der Waals surface area contributed by atoms with Crippen LogP contribution in [0.5, 0.6) is 11.5 Å². The lowest BCUT2D eigenvalue weighted by atomic mass is 9.55. The van der Waals surface area contributed by atoms with Crippen LogP contribution in [0.25, 0.3) is 0 Å². The molecule has 0 radical (unpaired) electrons. The molecule has 1 heterocycles.